The summed E-state index contributed by atoms with van der Waals surface area (Å²) in [5.41, 5.74) is 0. The largest absolute Gasteiger partial charge is 0.396 e. The third kappa shape index (κ3) is 2.36. The van der Waals surface area contributed by atoms with E-state index < -0.39 is 0 Å². The minimum Gasteiger partial charge on any atom is -0.396 e. The Balaban J connectivity index is 2.29. The Hall–Kier alpha value is 0.270. The molecule has 0 saturated carbocycles. The van der Waals surface area contributed by atoms with Crippen LogP contribution >= 0.6 is 11.8 Å². The van der Waals surface area contributed by atoms with Crippen molar-refractivity contribution in [1.29, 1.82) is 0 Å². The summed E-state index contributed by atoms with van der Waals surface area (Å²) in [7, 11) is 0. The first-order valence-electron chi connectivity index (χ1n) is 4.03. The third-order valence-electron chi connectivity index (χ3n) is 2.25. The second-order valence-electron chi connectivity index (χ2n) is 3.13. The molecule has 66 valence electrons. The van der Waals surface area contributed by atoms with Gasteiger partial charge in [0.2, 0.25) is 0 Å². The van der Waals surface area contributed by atoms with Crippen molar-refractivity contribution in [1.82, 2.24) is 0 Å². The first kappa shape index (κ1) is 9.36. The van der Waals surface area contributed by atoms with Gasteiger partial charge in [-0.25, -0.2) is 0 Å². The maximum atomic E-state index is 8.87. The summed E-state index contributed by atoms with van der Waals surface area (Å²) in [5.74, 6) is 0.298. The molecule has 0 radical (unpaired) electrons. The number of aliphatic hydroxyl groups excluding tert-OH is 1. The van der Waals surface area contributed by atoms with E-state index in [1.165, 1.54) is 0 Å². The Labute approximate surface area is 72.3 Å². The molecule has 1 N–H and O–H groups in total. The van der Waals surface area contributed by atoms with Crippen LogP contribution in [0.2, 0.25) is 0 Å². The molecular weight excluding hydrogens is 160 g/mol. The maximum Gasteiger partial charge on any atom is 0.0634 e. The van der Waals surface area contributed by atoms with E-state index in [4.69, 9.17) is 9.84 Å². The van der Waals surface area contributed by atoms with Gasteiger partial charge in [0.05, 0.1) is 12.7 Å². The first-order valence-corrected chi connectivity index (χ1v) is 5.32. The van der Waals surface area contributed by atoms with E-state index in [0.717, 1.165) is 13.0 Å². The molecule has 0 aromatic carbocycles. The van der Waals surface area contributed by atoms with Crippen molar-refractivity contribution < 1.29 is 9.84 Å². The van der Waals surface area contributed by atoms with Crippen molar-refractivity contribution in [3.63, 3.8) is 0 Å². The van der Waals surface area contributed by atoms with Crippen molar-refractivity contribution >= 4 is 11.8 Å². The molecule has 1 rings (SSSR count). The number of aliphatic hydroxyl groups is 1. The average Bonchev–Trinajstić information content (AvgIpc) is 2.50. The topological polar surface area (TPSA) is 29.5 Å². The fourth-order valence-electron chi connectivity index (χ4n) is 1.30. The van der Waals surface area contributed by atoms with Gasteiger partial charge >= 0.3 is 0 Å². The normalized spacial score (nSPS) is 34.1. The number of rotatable bonds is 3. The summed E-state index contributed by atoms with van der Waals surface area (Å²) in [6.07, 6.45) is 3.50. The summed E-state index contributed by atoms with van der Waals surface area (Å²) in [4.78, 5) is 0. The average molecular weight is 176 g/mol. The monoisotopic (exact) mass is 176 g/mol. The van der Waals surface area contributed by atoms with Crippen LogP contribution in [0.15, 0.2) is 0 Å². The molecular formula is C8H16O2S. The van der Waals surface area contributed by atoms with Gasteiger partial charge in [0.15, 0.2) is 0 Å². The Kier molecular flexibility index (Phi) is 3.69. The van der Waals surface area contributed by atoms with Crippen LogP contribution in [0.5, 0.6) is 0 Å². The van der Waals surface area contributed by atoms with Crippen LogP contribution in [0.4, 0.5) is 0 Å². The van der Waals surface area contributed by atoms with E-state index in [9.17, 15) is 0 Å². The summed E-state index contributed by atoms with van der Waals surface area (Å²) >= 11 is 1.86. The fourth-order valence-corrected chi connectivity index (χ4v) is 1.90. The van der Waals surface area contributed by atoms with Gasteiger partial charge < -0.3 is 9.84 Å². The van der Waals surface area contributed by atoms with Crippen LogP contribution in [0.25, 0.3) is 0 Å². The highest BCUT2D eigenvalue weighted by Crippen LogP contribution is 2.26. The van der Waals surface area contributed by atoms with Gasteiger partial charge in [0.25, 0.3) is 0 Å². The Bertz CT molecular complexity index is 119. The van der Waals surface area contributed by atoms with Crippen molar-refractivity contribution in [2.24, 2.45) is 5.92 Å². The smallest absolute Gasteiger partial charge is 0.0634 e. The van der Waals surface area contributed by atoms with Gasteiger partial charge in [0.1, 0.15) is 0 Å². The lowest BCUT2D eigenvalue weighted by Crippen LogP contribution is -2.20. The first-order chi connectivity index (χ1) is 5.27. The summed E-state index contributed by atoms with van der Waals surface area (Å²) < 4.78 is 5.53. The van der Waals surface area contributed by atoms with Crippen LogP contribution in [0.1, 0.15) is 13.3 Å². The van der Waals surface area contributed by atoms with Gasteiger partial charge in [-0.05, 0) is 12.7 Å². The molecule has 11 heavy (non-hydrogen) atoms. The van der Waals surface area contributed by atoms with E-state index in [1.54, 1.807) is 0 Å². The number of hydrogen-bond donors (Lipinski definition) is 1. The molecule has 3 unspecified atom stereocenters. The Morgan fingerprint density at radius 2 is 2.45 bits per heavy atom. The molecule has 0 aliphatic carbocycles. The van der Waals surface area contributed by atoms with E-state index in [-0.39, 0.29) is 12.7 Å². The molecule has 0 aromatic heterocycles. The molecule has 0 aromatic rings. The number of thioether (sulfide) groups is 1. The minimum atomic E-state index is 0.242. The zero-order valence-electron chi connectivity index (χ0n) is 7.12. The third-order valence-corrected chi connectivity index (χ3v) is 3.24. The fraction of sp³-hybridized carbons (Fsp3) is 1.00. The van der Waals surface area contributed by atoms with E-state index in [0.29, 0.717) is 11.2 Å². The van der Waals surface area contributed by atoms with Crippen molar-refractivity contribution in [2.75, 3.05) is 19.5 Å². The molecule has 1 aliphatic heterocycles. The lowest BCUT2D eigenvalue weighted by atomic mass is 10.0. The highest BCUT2D eigenvalue weighted by Gasteiger charge is 2.28. The van der Waals surface area contributed by atoms with Crippen LogP contribution in [0.3, 0.4) is 0 Å². The quantitative estimate of drug-likeness (QED) is 0.699. The van der Waals surface area contributed by atoms with Crippen LogP contribution in [-0.2, 0) is 4.74 Å². The van der Waals surface area contributed by atoms with Crippen molar-refractivity contribution in [3.05, 3.63) is 0 Å². The molecule has 1 fully saturated rings. The molecule has 1 heterocycles. The SMILES string of the molecule is CSC1COC(C(C)CO)C1. The molecule has 3 atom stereocenters. The zero-order chi connectivity index (χ0) is 8.27. The van der Waals surface area contributed by atoms with Gasteiger partial charge in [-0.1, -0.05) is 6.92 Å². The van der Waals surface area contributed by atoms with Gasteiger partial charge in [-0.2, -0.15) is 11.8 Å². The molecule has 1 saturated heterocycles. The predicted octanol–water partition coefficient (Wildman–Crippen LogP) is 1.14. The lowest BCUT2D eigenvalue weighted by molar-refractivity contribution is 0.0447. The van der Waals surface area contributed by atoms with E-state index in [1.807, 2.05) is 18.7 Å². The van der Waals surface area contributed by atoms with Crippen LogP contribution in [-0.4, -0.2) is 35.9 Å². The minimum absolute atomic E-state index is 0.242. The summed E-state index contributed by atoms with van der Waals surface area (Å²) in [6, 6.07) is 0. The second-order valence-corrected chi connectivity index (χ2v) is 4.26. The predicted molar refractivity (Wildman–Crippen MR) is 47.9 cm³/mol. The van der Waals surface area contributed by atoms with Crippen molar-refractivity contribution in [3.8, 4) is 0 Å². The van der Waals surface area contributed by atoms with E-state index in [2.05, 4.69) is 6.26 Å². The highest BCUT2D eigenvalue weighted by molar-refractivity contribution is 7.99. The number of ether oxygens (including phenoxy) is 1. The highest BCUT2D eigenvalue weighted by atomic mass is 32.2. The summed E-state index contributed by atoms with van der Waals surface area (Å²) in [5, 5.41) is 9.51. The maximum absolute atomic E-state index is 8.87. The zero-order valence-corrected chi connectivity index (χ0v) is 7.93. The molecule has 1 aliphatic rings. The standard InChI is InChI=1S/C8H16O2S/c1-6(4-9)8-3-7(11-2)5-10-8/h6-9H,3-5H2,1-2H3. The Morgan fingerprint density at radius 3 is 2.91 bits per heavy atom. The van der Waals surface area contributed by atoms with Gasteiger partial charge in [0, 0.05) is 17.8 Å². The molecule has 0 bridgehead atoms. The second kappa shape index (κ2) is 4.33. The molecule has 0 amide bonds. The van der Waals surface area contributed by atoms with Gasteiger partial charge in [-0.3, -0.25) is 0 Å². The van der Waals surface area contributed by atoms with Crippen molar-refractivity contribution in [2.45, 2.75) is 24.7 Å². The lowest BCUT2D eigenvalue weighted by Gasteiger charge is -2.15. The Morgan fingerprint density at radius 1 is 1.73 bits per heavy atom. The van der Waals surface area contributed by atoms with Gasteiger partial charge in [-0.15, -0.1) is 0 Å². The summed E-state index contributed by atoms with van der Waals surface area (Å²) in [6.45, 7) is 3.13. The molecule has 0 spiro atoms. The molecule has 3 heteroatoms. The number of hydrogen-bond acceptors (Lipinski definition) is 3. The van der Waals surface area contributed by atoms with E-state index >= 15 is 0 Å². The molecule has 2 nitrogen and oxygen atoms in total. The van der Waals surface area contributed by atoms with Crippen LogP contribution in [0, 0.1) is 5.92 Å². The van der Waals surface area contributed by atoms with Crippen LogP contribution < -0.4 is 0 Å².